The van der Waals surface area contributed by atoms with Gasteiger partial charge in [-0.15, -0.1) is 9.24 Å². The van der Waals surface area contributed by atoms with E-state index in [4.69, 9.17) is 9.47 Å². The number of amides is 1. The molecule has 242 valence electrons. The zero-order chi connectivity index (χ0) is 32.8. The summed E-state index contributed by atoms with van der Waals surface area (Å²) in [5, 5.41) is 4.10. The molecule has 0 bridgehead atoms. The maximum Gasteiger partial charge on any atom is 0.343 e. The third-order valence-electron chi connectivity index (χ3n) is 6.81. The van der Waals surface area contributed by atoms with Crippen LogP contribution in [0.1, 0.15) is 82.1 Å². The van der Waals surface area contributed by atoms with Crippen LogP contribution >= 0.6 is 9.24 Å². The average Bonchev–Trinajstić information content (AvgIpc) is 3.03. The zero-order valence-electron chi connectivity index (χ0n) is 28.1. The van der Waals surface area contributed by atoms with Crippen molar-refractivity contribution in [3.8, 4) is 11.5 Å². The minimum atomic E-state index is -0.378. The van der Waals surface area contributed by atoms with Crippen molar-refractivity contribution in [1.29, 1.82) is 0 Å². The minimum absolute atomic E-state index is 0.105. The number of rotatable bonds is 16. The summed E-state index contributed by atoms with van der Waals surface area (Å²) in [5.41, 5.74) is 1.71. The van der Waals surface area contributed by atoms with Crippen molar-refractivity contribution in [1.82, 2.24) is 5.32 Å². The molecule has 7 heteroatoms. The van der Waals surface area contributed by atoms with E-state index in [2.05, 4.69) is 47.8 Å². The van der Waals surface area contributed by atoms with Crippen LogP contribution < -0.4 is 20.1 Å². The lowest BCUT2D eigenvalue weighted by Gasteiger charge is -2.33. The van der Waals surface area contributed by atoms with Gasteiger partial charge >= 0.3 is 5.97 Å². The standard InChI is InChI=1S/C33H43N2O4P.2C2H6/c1-35(2,3)31(24-26-14-9-8-10-15-26)32(36)34-22-11-6-4-5-7-12-23-38-28-18-20-29(21-19-28)39-33(37)27-16-13-17-30(40)25-27;2*1-2/h8-10,13-21,25,31H,4-7,11-12,22-24,40H2,1-3H3;2*1-2H3/p+1. The Balaban J connectivity index is 0.00000232. The molecule has 3 aromatic carbocycles. The number of unbranched alkanes of at least 4 members (excludes halogenated alkanes) is 5. The molecule has 0 saturated heterocycles. The van der Waals surface area contributed by atoms with E-state index in [9.17, 15) is 9.59 Å². The van der Waals surface area contributed by atoms with Crippen molar-refractivity contribution in [2.45, 2.75) is 78.7 Å². The maximum atomic E-state index is 12.9. The Morgan fingerprint density at radius 3 is 1.95 bits per heavy atom. The fourth-order valence-corrected chi connectivity index (χ4v) is 4.74. The SMILES string of the molecule is CC.CC.C[N+](C)(C)C(Cc1ccccc1)C(=O)NCCCCCCCCOc1ccc(OC(=O)c2cccc(P)c2)cc1. The summed E-state index contributed by atoms with van der Waals surface area (Å²) in [6.07, 6.45) is 7.25. The second kappa shape index (κ2) is 22.3. The predicted octanol–water partition coefficient (Wildman–Crippen LogP) is 7.61. The number of esters is 1. The number of benzene rings is 3. The van der Waals surface area contributed by atoms with Gasteiger partial charge in [-0.2, -0.15) is 0 Å². The fourth-order valence-electron chi connectivity index (χ4n) is 4.44. The second-order valence-corrected chi connectivity index (χ2v) is 11.7. The van der Waals surface area contributed by atoms with Gasteiger partial charge in [-0.25, -0.2) is 4.79 Å². The normalized spacial score (nSPS) is 11.2. The number of likely N-dealkylation sites (N-methyl/N-ethyl adjacent to an activating group) is 1. The summed E-state index contributed by atoms with van der Waals surface area (Å²) in [7, 11) is 8.81. The highest BCUT2D eigenvalue weighted by Gasteiger charge is 2.31. The lowest BCUT2D eigenvalue weighted by molar-refractivity contribution is -0.886. The second-order valence-electron chi connectivity index (χ2n) is 11.1. The van der Waals surface area contributed by atoms with E-state index in [1.807, 2.05) is 70.2 Å². The van der Waals surface area contributed by atoms with Crippen LogP contribution in [0.4, 0.5) is 0 Å². The molecule has 3 rings (SSSR count). The van der Waals surface area contributed by atoms with Crippen LogP contribution in [0.25, 0.3) is 0 Å². The largest absolute Gasteiger partial charge is 0.494 e. The highest BCUT2D eigenvalue weighted by molar-refractivity contribution is 7.27. The topological polar surface area (TPSA) is 64.6 Å². The van der Waals surface area contributed by atoms with Crippen LogP contribution in [0.2, 0.25) is 0 Å². The first-order valence-electron chi connectivity index (χ1n) is 16.2. The summed E-state index contributed by atoms with van der Waals surface area (Å²) >= 11 is 0. The Morgan fingerprint density at radius 2 is 1.34 bits per heavy atom. The molecule has 0 heterocycles. The lowest BCUT2D eigenvalue weighted by atomic mass is 10.0. The predicted molar refractivity (Wildman–Crippen MR) is 188 cm³/mol. The van der Waals surface area contributed by atoms with Crippen molar-refractivity contribution < 1.29 is 23.5 Å². The summed E-state index contributed by atoms with van der Waals surface area (Å²) in [6, 6.07) is 24.5. The molecule has 2 unspecified atom stereocenters. The monoisotopic (exact) mass is 623 g/mol. The smallest absolute Gasteiger partial charge is 0.343 e. The van der Waals surface area contributed by atoms with Crippen molar-refractivity contribution in [2.24, 2.45) is 0 Å². The Labute approximate surface area is 269 Å². The van der Waals surface area contributed by atoms with Gasteiger partial charge in [-0.05, 0) is 60.1 Å². The molecular formula is C37H56N2O4P+. The quantitative estimate of drug-likeness (QED) is 0.0587. The number of nitrogens with one attached hydrogen (secondary N) is 1. The Hall–Kier alpha value is -3.21. The molecule has 0 aliphatic heterocycles. The number of ether oxygens (including phenoxy) is 2. The Morgan fingerprint density at radius 1 is 0.750 bits per heavy atom. The van der Waals surface area contributed by atoms with E-state index in [-0.39, 0.29) is 17.9 Å². The first kappa shape index (κ1) is 38.8. The van der Waals surface area contributed by atoms with Crippen LogP contribution in [-0.4, -0.2) is 56.7 Å². The van der Waals surface area contributed by atoms with Gasteiger partial charge in [0.25, 0.3) is 5.91 Å². The van der Waals surface area contributed by atoms with Crippen LogP contribution in [0.3, 0.4) is 0 Å². The lowest BCUT2D eigenvalue weighted by Crippen LogP contribution is -2.55. The average molecular weight is 624 g/mol. The summed E-state index contributed by atoms with van der Waals surface area (Å²) in [4.78, 5) is 25.2. The molecule has 0 fully saturated rings. The summed E-state index contributed by atoms with van der Waals surface area (Å²) < 4.78 is 11.9. The number of carbonyl (C=O) groups excluding carboxylic acids is 2. The van der Waals surface area contributed by atoms with Gasteiger partial charge < -0.3 is 19.3 Å². The molecule has 0 radical (unpaired) electrons. The fraction of sp³-hybridized carbons (Fsp3) is 0.459. The van der Waals surface area contributed by atoms with Crippen LogP contribution in [0.5, 0.6) is 11.5 Å². The van der Waals surface area contributed by atoms with E-state index in [0.29, 0.717) is 22.4 Å². The summed E-state index contributed by atoms with van der Waals surface area (Å²) in [6.45, 7) is 9.38. The third-order valence-corrected chi connectivity index (χ3v) is 7.16. The molecule has 0 aromatic heterocycles. The molecule has 6 nitrogen and oxygen atoms in total. The molecule has 0 aliphatic rings. The number of hydrogen-bond donors (Lipinski definition) is 1. The first-order valence-corrected chi connectivity index (χ1v) is 16.7. The van der Waals surface area contributed by atoms with Gasteiger partial charge in [0.1, 0.15) is 11.5 Å². The molecule has 1 N–H and O–H groups in total. The van der Waals surface area contributed by atoms with Crippen molar-refractivity contribution in [3.63, 3.8) is 0 Å². The molecule has 44 heavy (non-hydrogen) atoms. The van der Waals surface area contributed by atoms with Crippen LogP contribution in [0.15, 0.2) is 78.9 Å². The molecule has 0 saturated carbocycles. The van der Waals surface area contributed by atoms with Gasteiger partial charge in [0.05, 0.1) is 33.3 Å². The summed E-state index contributed by atoms with van der Waals surface area (Å²) in [5.74, 6) is 1.01. The molecular weight excluding hydrogens is 567 g/mol. The van der Waals surface area contributed by atoms with Gasteiger partial charge in [-0.1, -0.05) is 95.8 Å². The zero-order valence-corrected chi connectivity index (χ0v) is 29.3. The number of quaternary nitrogens is 1. The van der Waals surface area contributed by atoms with E-state index in [0.717, 1.165) is 62.5 Å². The Kier molecular flexibility index (Phi) is 19.7. The van der Waals surface area contributed by atoms with E-state index in [1.54, 1.807) is 24.3 Å². The Bertz CT molecular complexity index is 1190. The van der Waals surface area contributed by atoms with E-state index >= 15 is 0 Å². The number of nitrogens with zero attached hydrogens (tertiary/aromatic N) is 1. The number of carbonyl (C=O) groups is 2. The molecule has 1 amide bonds. The van der Waals surface area contributed by atoms with E-state index in [1.165, 1.54) is 5.56 Å². The van der Waals surface area contributed by atoms with Gasteiger partial charge in [0, 0.05) is 13.0 Å². The molecule has 3 aromatic rings. The highest BCUT2D eigenvalue weighted by atomic mass is 31.0. The third kappa shape index (κ3) is 15.5. The minimum Gasteiger partial charge on any atom is -0.494 e. The molecule has 0 aliphatic carbocycles. The van der Waals surface area contributed by atoms with Gasteiger partial charge in [-0.3, -0.25) is 4.79 Å². The van der Waals surface area contributed by atoms with Crippen LogP contribution in [-0.2, 0) is 11.2 Å². The molecule has 2 atom stereocenters. The first-order chi connectivity index (χ1) is 21.2. The molecule has 0 spiro atoms. The maximum absolute atomic E-state index is 12.9. The van der Waals surface area contributed by atoms with E-state index < -0.39 is 0 Å². The van der Waals surface area contributed by atoms with Crippen molar-refractivity contribution in [3.05, 3.63) is 90.0 Å². The van der Waals surface area contributed by atoms with Gasteiger partial charge in [0.15, 0.2) is 6.04 Å². The van der Waals surface area contributed by atoms with Crippen molar-refractivity contribution in [2.75, 3.05) is 34.3 Å². The number of hydrogen-bond acceptors (Lipinski definition) is 4. The highest BCUT2D eigenvalue weighted by Crippen LogP contribution is 2.19. The van der Waals surface area contributed by atoms with Gasteiger partial charge in [0.2, 0.25) is 0 Å². The van der Waals surface area contributed by atoms with Crippen molar-refractivity contribution >= 4 is 26.4 Å². The van der Waals surface area contributed by atoms with Crippen LogP contribution in [0, 0.1) is 0 Å².